The van der Waals surface area contributed by atoms with Crippen molar-refractivity contribution in [1.82, 2.24) is 35.4 Å². The van der Waals surface area contributed by atoms with E-state index in [0.29, 0.717) is 28.8 Å². The molecular formula is C21H25N9O5S2. The number of aryl methyl sites for hydroxylation is 1. The van der Waals surface area contributed by atoms with Gasteiger partial charge in [0.2, 0.25) is 5.16 Å². The van der Waals surface area contributed by atoms with Crippen LogP contribution in [0.5, 0.6) is 0 Å². The molecule has 2 aromatic rings. The van der Waals surface area contributed by atoms with Gasteiger partial charge in [0.25, 0.3) is 11.8 Å². The molecule has 16 heteroatoms. The number of oxime groups is 1. The molecule has 2 aliphatic heterocycles. The van der Waals surface area contributed by atoms with Gasteiger partial charge in [-0.25, -0.2) is 14.5 Å². The Balaban J connectivity index is 1.49. The Morgan fingerprint density at radius 3 is 2.89 bits per heavy atom. The van der Waals surface area contributed by atoms with Gasteiger partial charge in [0.1, 0.15) is 35.2 Å². The number of nitrogens with one attached hydrogen (secondary N) is 1. The van der Waals surface area contributed by atoms with Crippen LogP contribution in [-0.4, -0.2) is 88.2 Å². The van der Waals surface area contributed by atoms with Crippen LogP contribution in [0.4, 0.5) is 5.82 Å². The van der Waals surface area contributed by atoms with Gasteiger partial charge in [-0.1, -0.05) is 36.3 Å². The number of tetrazole rings is 1. The Labute approximate surface area is 220 Å². The number of aliphatic carboxylic acids is 1. The first-order valence-corrected chi connectivity index (χ1v) is 13.3. The molecule has 4 N–H and O–H groups in total. The molecule has 4 rings (SSSR count). The molecule has 0 aliphatic carbocycles. The van der Waals surface area contributed by atoms with Gasteiger partial charge in [0.15, 0.2) is 5.71 Å². The van der Waals surface area contributed by atoms with Crippen molar-refractivity contribution in [3.63, 3.8) is 0 Å². The Kier molecular flexibility index (Phi) is 8.27. The number of carboxylic acids is 1. The predicted octanol–water partition coefficient (Wildman–Crippen LogP) is 0.239. The lowest BCUT2D eigenvalue weighted by atomic mass is 10.0. The number of nitrogen functional groups attached to an aromatic ring is 1. The summed E-state index contributed by atoms with van der Waals surface area (Å²) in [5.74, 6) is -1.57. The van der Waals surface area contributed by atoms with Gasteiger partial charge in [-0.05, 0) is 34.6 Å². The van der Waals surface area contributed by atoms with E-state index in [2.05, 4.69) is 31.0 Å². The van der Waals surface area contributed by atoms with E-state index in [0.717, 1.165) is 12.8 Å². The van der Waals surface area contributed by atoms with Crippen molar-refractivity contribution in [3.8, 4) is 0 Å². The number of nitrogens with two attached hydrogens (primary N) is 1. The lowest BCUT2D eigenvalue weighted by Gasteiger charge is -2.49. The smallest absolute Gasteiger partial charge is 0.352 e. The maximum atomic E-state index is 13.2. The Morgan fingerprint density at radius 1 is 1.41 bits per heavy atom. The van der Waals surface area contributed by atoms with E-state index in [9.17, 15) is 19.5 Å². The molecule has 0 aromatic carbocycles. The number of amides is 2. The molecule has 1 saturated heterocycles. The van der Waals surface area contributed by atoms with E-state index in [1.54, 1.807) is 25.2 Å². The van der Waals surface area contributed by atoms with Crippen LogP contribution < -0.4 is 11.1 Å². The second-order valence-corrected chi connectivity index (χ2v) is 10.1. The average molecular weight is 548 g/mol. The number of pyridine rings is 1. The van der Waals surface area contributed by atoms with Crippen molar-refractivity contribution >= 4 is 52.8 Å². The summed E-state index contributed by atoms with van der Waals surface area (Å²) in [6.45, 7) is 2.30. The molecule has 1 fully saturated rings. The number of carbonyl (C=O) groups is 3. The fourth-order valence-corrected chi connectivity index (χ4v) is 5.94. The Bertz CT molecular complexity index is 1260. The van der Waals surface area contributed by atoms with Crippen molar-refractivity contribution in [3.05, 3.63) is 35.2 Å². The summed E-state index contributed by atoms with van der Waals surface area (Å²) >= 11 is 2.64. The highest BCUT2D eigenvalue weighted by Crippen LogP contribution is 2.41. The molecule has 37 heavy (non-hydrogen) atoms. The van der Waals surface area contributed by atoms with E-state index in [1.165, 1.54) is 33.1 Å². The molecule has 0 bridgehead atoms. The van der Waals surface area contributed by atoms with Gasteiger partial charge < -0.3 is 21.0 Å². The Hall–Kier alpha value is -3.66. The maximum Gasteiger partial charge on any atom is 0.352 e. The first kappa shape index (κ1) is 26.4. The van der Waals surface area contributed by atoms with E-state index in [-0.39, 0.29) is 22.9 Å². The van der Waals surface area contributed by atoms with Crippen molar-refractivity contribution in [1.29, 1.82) is 0 Å². The number of carboxylic acid groups (broad SMARTS) is 1. The zero-order valence-corrected chi connectivity index (χ0v) is 21.7. The number of hydrogen-bond acceptors (Lipinski definition) is 12. The number of hydrogen-bond donors (Lipinski definition) is 3. The summed E-state index contributed by atoms with van der Waals surface area (Å²) in [6, 6.07) is 3.81. The minimum Gasteiger partial charge on any atom is -0.477 e. The van der Waals surface area contributed by atoms with Gasteiger partial charge in [0.05, 0.1) is 0 Å². The molecule has 4 heterocycles. The minimum absolute atomic E-state index is 0.0869. The van der Waals surface area contributed by atoms with Crippen LogP contribution in [0.1, 0.15) is 25.5 Å². The van der Waals surface area contributed by atoms with Crippen molar-refractivity contribution in [2.24, 2.45) is 12.2 Å². The third-order valence-electron chi connectivity index (χ3n) is 5.47. The normalized spacial score (nSPS) is 19.4. The largest absolute Gasteiger partial charge is 0.477 e. The molecule has 2 unspecified atom stereocenters. The summed E-state index contributed by atoms with van der Waals surface area (Å²) in [7, 11) is 1.68. The number of carbonyl (C=O) groups excluding carboxylic acids is 2. The number of nitrogens with zero attached hydrogens (tertiary/aromatic N) is 7. The quantitative estimate of drug-likeness (QED) is 0.114. The predicted molar refractivity (Wildman–Crippen MR) is 135 cm³/mol. The van der Waals surface area contributed by atoms with Crippen molar-refractivity contribution in [2.45, 2.75) is 36.3 Å². The molecule has 0 saturated carbocycles. The molecule has 0 radical (unpaired) electrons. The molecule has 2 aliphatic rings. The van der Waals surface area contributed by atoms with E-state index < -0.39 is 29.2 Å². The number of β-lactam (4-membered cyclic amide) rings is 1. The van der Waals surface area contributed by atoms with E-state index in [1.807, 2.05) is 6.92 Å². The lowest BCUT2D eigenvalue weighted by molar-refractivity contribution is -0.150. The van der Waals surface area contributed by atoms with Gasteiger partial charge in [0, 0.05) is 18.6 Å². The first-order chi connectivity index (χ1) is 17.8. The summed E-state index contributed by atoms with van der Waals surface area (Å²) in [6.07, 6.45) is 1.63. The second kappa shape index (κ2) is 11.6. The first-order valence-electron chi connectivity index (χ1n) is 11.3. The fraction of sp³-hybridized carbons (Fsp3) is 0.429. The van der Waals surface area contributed by atoms with Crippen LogP contribution in [0, 0.1) is 0 Å². The van der Waals surface area contributed by atoms with Gasteiger partial charge >= 0.3 is 5.97 Å². The summed E-state index contributed by atoms with van der Waals surface area (Å²) in [4.78, 5) is 48.9. The number of rotatable bonds is 11. The number of fused-ring (bicyclic) bond motifs is 1. The summed E-state index contributed by atoms with van der Waals surface area (Å²) in [5, 5.41) is 27.6. The number of thioether (sulfide) groups is 2. The number of aromatic nitrogens is 5. The highest BCUT2D eigenvalue weighted by Gasteiger charge is 2.54. The van der Waals surface area contributed by atoms with Crippen molar-refractivity contribution < 1.29 is 24.3 Å². The SMILES string of the molecule is CCCCO/N=C(/C(=O)NC1C(=O)N2C(C(=O)O)=C(CSc3nnnn3C)CSC12)c1cccc(N)n1. The monoisotopic (exact) mass is 547 g/mol. The van der Waals surface area contributed by atoms with Crippen molar-refractivity contribution in [2.75, 3.05) is 23.8 Å². The van der Waals surface area contributed by atoms with Crippen LogP contribution in [0.25, 0.3) is 0 Å². The zero-order valence-electron chi connectivity index (χ0n) is 20.0. The van der Waals surface area contributed by atoms with Crippen LogP contribution in [0.3, 0.4) is 0 Å². The second-order valence-electron chi connectivity index (χ2n) is 8.07. The number of anilines is 1. The zero-order chi connectivity index (χ0) is 26.5. The highest BCUT2D eigenvalue weighted by atomic mass is 32.2. The van der Waals surface area contributed by atoms with Gasteiger partial charge in [-0.15, -0.1) is 16.9 Å². The minimum atomic E-state index is -1.22. The van der Waals surface area contributed by atoms with Gasteiger partial charge in [-0.2, -0.15) is 0 Å². The van der Waals surface area contributed by atoms with Crippen LogP contribution in [0.2, 0.25) is 0 Å². The molecule has 14 nitrogen and oxygen atoms in total. The number of unbranched alkanes of at least 4 members (excludes halogenated alkanes) is 1. The highest BCUT2D eigenvalue weighted by molar-refractivity contribution is 8.01. The Morgan fingerprint density at radius 2 is 2.22 bits per heavy atom. The van der Waals surface area contributed by atoms with Crippen LogP contribution in [-0.2, 0) is 26.3 Å². The van der Waals surface area contributed by atoms with E-state index >= 15 is 0 Å². The molecule has 2 amide bonds. The molecule has 2 aromatic heterocycles. The van der Waals surface area contributed by atoms with E-state index in [4.69, 9.17) is 10.6 Å². The molecule has 0 spiro atoms. The summed E-state index contributed by atoms with van der Waals surface area (Å²) in [5.41, 5.74) is 6.31. The van der Waals surface area contributed by atoms with Crippen LogP contribution in [0.15, 0.2) is 39.8 Å². The summed E-state index contributed by atoms with van der Waals surface area (Å²) < 4.78 is 1.48. The van der Waals surface area contributed by atoms with Crippen LogP contribution >= 0.6 is 23.5 Å². The molecular weight excluding hydrogens is 522 g/mol. The standard InChI is InChI=1S/C21H25N9O5S2/c1-3-4-8-35-26-14(12-6-5-7-13(22)23-12)17(31)24-15-18(32)30-16(20(33)34)11(9-36-19(15)30)10-37-21-25-27-28-29(21)2/h5-7,15,19H,3-4,8-10H2,1-2H3,(H2,22,23)(H,24,31)(H,33,34)/b26-14+. The third-order valence-corrected chi connectivity index (χ3v) is 7.90. The average Bonchev–Trinajstić information content (AvgIpc) is 3.29. The third kappa shape index (κ3) is 5.69. The molecule has 2 atom stereocenters. The fourth-order valence-electron chi connectivity index (χ4n) is 3.61. The maximum absolute atomic E-state index is 13.2. The topological polar surface area (TPSA) is 191 Å². The van der Waals surface area contributed by atoms with Gasteiger partial charge in [-0.3, -0.25) is 14.5 Å². The molecule has 196 valence electrons. The lowest BCUT2D eigenvalue weighted by Crippen LogP contribution is -2.71.